The monoisotopic (exact) mass is 346 g/mol. The van der Waals surface area contributed by atoms with Crippen LogP contribution in [0.1, 0.15) is 15.4 Å². The van der Waals surface area contributed by atoms with Crippen molar-refractivity contribution in [1.82, 2.24) is 4.98 Å². The lowest BCUT2D eigenvalue weighted by Crippen LogP contribution is -2.11. The molecule has 0 atom stereocenters. The van der Waals surface area contributed by atoms with Crippen LogP contribution in [0.5, 0.6) is 0 Å². The van der Waals surface area contributed by atoms with E-state index in [0.717, 1.165) is 26.6 Å². The molecule has 1 heterocycles. The summed E-state index contributed by atoms with van der Waals surface area (Å²) in [5.41, 5.74) is 3.25. The number of rotatable bonds is 2. The van der Waals surface area contributed by atoms with Crippen LogP contribution in [0.3, 0.4) is 0 Å². The van der Waals surface area contributed by atoms with E-state index >= 15 is 0 Å². The number of thiazole rings is 1. The number of carbonyl (C=O) groups excluding carboxylic acids is 1. The van der Waals surface area contributed by atoms with Crippen LogP contribution < -0.4 is 5.32 Å². The van der Waals surface area contributed by atoms with E-state index in [-0.39, 0.29) is 5.91 Å². The van der Waals surface area contributed by atoms with Gasteiger partial charge in [0.15, 0.2) is 0 Å². The molecule has 20 heavy (non-hydrogen) atoms. The number of anilines is 1. The Kier molecular flexibility index (Phi) is 3.54. The van der Waals surface area contributed by atoms with Crippen LogP contribution >= 0.6 is 27.3 Å². The number of hydrogen-bond donors (Lipinski definition) is 1. The molecular formula is C15H11BrN2OS. The SMILES string of the molecule is Cc1ncsc1C(=O)Nc1ccc(Br)c2ccccc12. The minimum atomic E-state index is -0.113. The fourth-order valence-electron chi connectivity index (χ4n) is 2.07. The van der Waals surface area contributed by atoms with E-state index in [1.165, 1.54) is 11.3 Å². The lowest BCUT2D eigenvalue weighted by molar-refractivity contribution is 0.103. The number of nitrogens with one attached hydrogen (secondary N) is 1. The van der Waals surface area contributed by atoms with Gasteiger partial charge in [-0.25, -0.2) is 4.98 Å². The van der Waals surface area contributed by atoms with Gasteiger partial charge in [-0.3, -0.25) is 4.79 Å². The maximum Gasteiger partial charge on any atom is 0.267 e. The molecule has 0 fully saturated rings. The highest BCUT2D eigenvalue weighted by Gasteiger charge is 2.13. The summed E-state index contributed by atoms with van der Waals surface area (Å²) in [6.07, 6.45) is 0. The van der Waals surface area contributed by atoms with Gasteiger partial charge in [0.1, 0.15) is 4.88 Å². The van der Waals surface area contributed by atoms with Crippen LogP contribution in [0.15, 0.2) is 46.4 Å². The lowest BCUT2D eigenvalue weighted by Gasteiger charge is -2.09. The fraction of sp³-hybridized carbons (Fsp3) is 0.0667. The first-order valence-electron chi connectivity index (χ1n) is 6.05. The van der Waals surface area contributed by atoms with Crippen molar-refractivity contribution >= 4 is 49.6 Å². The molecule has 5 heteroatoms. The molecule has 0 aliphatic heterocycles. The molecule has 0 radical (unpaired) electrons. The zero-order chi connectivity index (χ0) is 14.1. The normalized spacial score (nSPS) is 10.7. The molecule has 3 rings (SSSR count). The molecule has 1 amide bonds. The summed E-state index contributed by atoms with van der Waals surface area (Å²) >= 11 is 4.88. The van der Waals surface area contributed by atoms with Gasteiger partial charge in [-0.1, -0.05) is 40.2 Å². The minimum absolute atomic E-state index is 0.113. The first-order chi connectivity index (χ1) is 9.66. The molecule has 3 nitrogen and oxygen atoms in total. The predicted molar refractivity (Wildman–Crippen MR) is 86.5 cm³/mol. The number of aryl methyl sites for hydroxylation is 1. The van der Waals surface area contributed by atoms with E-state index in [1.54, 1.807) is 5.51 Å². The molecular weight excluding hydrogens is 336 g/mol. The molecule has 1 N–H and O–H groups in total. The highest BCUT2D eigenvalue weighted by molar-refractivity contribution is 9.10. The molecule has 3 aromatic rings. The van der Waals surface area contributed by atoms with E-state index in [1.807, 2.05) is 43.3 Å². The van der Waals surface area contributed by atoms with E-state index in [0.29, 0.717) is 4.88 Å². The summed E-state index contributed by atoms with van der Waals surface area (Å²) in [6.45, 7) is 1.84. The molecule has 1 aromatic heterocycles. The lowest BCUT2D eigenvalue weighted by atomic mass is 10.1. The van der Waals surface area contributed by atoms with Crippen molar-refractivity contribution in [3.8, 4) is 0 Å². The van der Waals surface area contributed by atoms with Gasteiger partial charge in [-0.15, -0.1) is 11.3 Å². The summed E-state index contributed by atoms with van der Waals surface area (Å²) in [6, 6.07) is 11.8. The van der Waals surface area contributed by atoms with Crippen LogP contribution in [-0.4, -0.2) is 10.9 Å². The third-order valence-corrected chi connectivity index (χ3v) is 4.69. The van der Waals surface area contributed by atoms with Crippen LogP contribution in [0.4, 0.5) is 5.69 Å². The Morgan fingerprint density at radius 2 is 1.95 bits per heavy atom. The summed E-state index contributed by atoms with van der Waals surface area (Å²) in [5.74, 6) is -0.113. The number of hydrogen-bond acceptors (Lipinski definition) is 3. The Bertz CT molecular complexity index is 797. The fourth-order valence-corrected chi connectivity index (χ4v) is 3.25. The smallest absolute Gasteiger partial charge is 0.267 e. The van der Waals surface area contributed by atoms with Gasteiger partial charge in [-0.05, 0) is 24.4 Å². The Hall–Kier alpha value is -1.72. The van der Waals surface area contributed by atoms with Gasteiger partial charge in [0.2, 0.25) is 0 Å². The van der Waals surface area contributed by atoms with Crippen molar-refractivity contribution < 1.29 is 4.79 Å². The maximum absolute atomic E-state index is 12.3. The van der Waals surface area contributed by atoms with Gasteiger partial charge in [0.25, 0.3) is 5.91 Å². The first kappa shape index (κ1) is 13.3. The molecule has 0 bridgehead atoms. The van der Waals surface area contributed by atoms with Gasteiger partial charge in [0, 0.05) is 15.5 Å². The van der Waals surface area contributed by atoms with Gasteiger partial charge in [-0.2, -0.15) is 0 Å². The highest BCUT2D eigenvalue weighted by atomic mass is 79.9. The summed E-state index contributed by atoms with van der Waals surface area (Å²) in [5, 5.41) is 5.05. The van der Waals surface area contributed by atoms with Gasteiger partial charge < -0.3 is 5.32 Å². The quantitative estimate of drug-likeness (QED) is 0.735. The predicted octanol–water partition coefficient (Wildman–Crippen LogP) is 4.62. The Labute approximate surface area is 128 Å². The number of amides is 1. The number of aromatic nitrogens is 1. The second-order valence-corrected chi connectivity index (χ2v) is 6.07. The van der Waals surface area contributed by atoms with Crippen molar-refractivity contribution in [2.75, 3.05) is 5.32 Å². The number of halogens is 1. The Morgan fingerprint density at radius 1 is 1.20 bits per heavy atom. The topological polar surface area (TPSA) is 42.0 Å². The van der Waals surface area contributed by atoms with Crippen molar-refractivity contribution in [2.24, 2.45) is 0 Å². The summed E-state index contributed by atoms with van der Waals surface area (Å²) in [7, 11) is 0. The summed E-state index contributed by atoms with van der Waals surface area (Å²) < 4.78 is 1.01. The third-order valence-electron chi connectivity index (χ3n) is 3.07. The highest BCUT2D eigenvalue weighted by Crippen LogP contribution is 2.30. The molecule has 0 spiro atoms. The van der Waals surface area contributed by atoms with Gasteiger partial charge in [0.05, 0.1) is 11.2 Å². The maximum atomic E-state index is 12.3. The van der Waals surface area contributed by atoms with Crippen LogP contribution in [0.25, 0.3) is 10.8 Å². The second kappa shape index (κ2) is 5.34. The molecule has 0 saturated heterocycles. The zero-order valence-electron chi connectivity index (χ0n) is 10.7. The zero-order valence-corrected chi connectivity index (χ0v) is 13.1. The number of fused-ring (bicyclic) bond motifs is 1. The Morgan fingerprint density at radius 3 is 2.65 bits per heavy atom. The van der Waals surface area contributed by atoms with E-state index in [9.17, 15) is 4.79 Å². The number of benzene rings is 2. The first-order valence-corrected chi connectivity index (χ1v) is 7.73. The second-order valence-electron chi connectivity index (χ2n) is 4.36. The minimum Gasteiger partial charge on any atom is -0.321 e. The molecule has 0 saturated carbocycles. The Balaban J connectivity index is 2.02. The summed E-state index contributed by atoms with van der Waals surface area (Å²) in [4.78, 5) is 17.0. The average Bonchev–Trinajstić information content (AvgIpc) is 2.88. The average molecular weight is 347 g/mol. The van der Waals surface area contributed by atoms with E-state index in [2.05, 4.69) is 26.2 Å². The van der Waals surface area contributed by atoms with Crippen LogP contribution in [0.2, 0.25) is 0 Å². The van der Waals surface area contributed by atoms with E-state index in [4.69, 9.17) is 0 Å². The van der Waals surface area contributed by atoms with Crippen molar-refractivity contribution in [2.45, 2.75) is 6.92 Å². The van der Waals surface area contributed by atoms with Crippen LogP contribution in [0, 0.1) is 6.92 Å². The largest absolute Gasteiger partial charge is 0.321 e. The number of carbonyl (C=O) groups is 1. The van der Waals surface area contributed by atoms with Crippen LogP contribution in [-0.2, 0) is 0 Å². The van der Waals surface area contributed by atoms with Crippen molar-refractivity contribution in [1.29, 1.82) is 0 Å². The molecule has 0 aliphatic carbocycles. The van der Waals surface area contributed by atoms with Gasteiger partial charge >= 0.3 is 0 Å². The van der Waals surface area contributed by atoms with Crippen molar-refractivity contribution in [3.63, 3.8) is 0 Å². The van der Waals surface area contributed by atoms with E-state index < -0.39 is 0 Å². The molecule has 100 valence electrons. The standard InChI is InChI=1S/C15H11BrN2OS/c1-9-14(20-8-17-9)15(19)18-13-7-6-12(16)10-4-2-3-5-11(10)13/h2-8H,1H3,(H,18,19). The molecule has 0 aliphatic rings. The molecule has 0 unspecified atom stereocenters. The molecule has 2 aromatic carbocycles. The third kappa shape index (κ3) is 2.34. The van der Waals surface area contributed by atoms with Crippen molar-refractivity contribution in [3.05, 3.63) is 57.0 Å². The number of nitrogens with zero attached hydrogens (tertiary/aromatic N) is 1.